The quantitative estimate of drug-likeness (QED) is 0.329. The minimum Gasteiger partial charge on any atom is -0.406 e. The summed E-state index contributed by atoms with van der Waals surface area (Å²) < 4.78 is 68.9. The molecule has 1 aliphatic heterocycles. The van der Waals surface area contributed by atoms with Crippen LogP contribution in [-0.2, 0) is 9.53 Å². The molecule has 1 aromatic carbocycles. The lowest BCUT2D eigenvalue weighted by Crippen LogP contribution is -2.15. The fourth-order valence-corrected chi connectivity index (χ4v) is 1.23. The number of nitrogens with zero attached hydrogens (tertiary/aromatic N) is 1. The third-order valence-corrected chi connectivity index (χ3v) is 1.99. The number of ether oxygens (including phenoxy) is 1. The van der Waals surface area contributed by atoms with Gasteiger partial charge in [-0.3, -0.25) is 0 Å². The van der Waals surface area contributed by atoms with Crippen LogP contribution in [0.25, 0.3) is 0 Å². The first-order chi connectivity index (χ1) is 7.93. The third kappa shape index (κ3) is 1.65. The highest BCUT2D eigenvalue weighted by molar-refractivity contribution is 6.05. The Bertz CT molecular complexity index is 526. The molecule has 0 unspecified atom stereocenters. The van der Waals surface area contributed by atoms with Crippen LogP contribution >= 0.6 is 0 Å². The summed E-state index contributed by atoms with van der Waals surface area (Å²) in [4.78, 5) is 13.9. The van der Waals surface area contributed by atoms with Gasteiger partial charge in [0.05, 0.1) is 0 Å². The molecule has 0 fully saturated rings. The van der Waals surface area contributed by atoms with Crippen LogP contribution in [0, 0.1) is 29.1 Å². The molecule has 8 heteroatoms. The molecule has 2 rings (SSSR count). The Hall–Kier alpha value is -1.99. The molecule has 0 bridgehead atoms. The molecule has 0 aromatic heterocycles. The number of halogens is 5. The van der Waals surface area contributed by atoms with Gasteiger partial charge in [-0.2, -0.15) is 0 Å². The van der Waals surface area contributed by atoms with Gasteiger partial charge in [0.2, 0.25) is 11.7 Å². The van der Waals surface area contributed by atoms with E-state index in [1.807, 2.05) is 0 Å². The van der Waals surface area contributed by atoms with Crippen LogP contribution in [-0.4, -0.2) is 18.4 Å². The fourth-order valence-electron chi connectivity index (χ4n) is 1.23. The lowest BCUT2D eigenvalue weighted by Gasteiger charge is -2.06. The lowest BCUT2D eigenvalue weighted by molar-refractivity contribution is -0.132. The second-order valence-corrected chi connectivity index (χ2v) is 3.04. The van der Waals surface area contributed by atoms with E-state index in [2.05, 4.69) is 9.73 Å². The number of rotatable bonds is 1. The Morgan fingerprint density at radius 2 is 1.35 bits per heavy atom. The zero-order valence-corrected chi connectivity index (χ0v) is 7.86. The van der Waals surface area contributed by atoms with Crippen LogP contribution in [0.4, 0.5) is 22.0 Å². The molecule has 3 nitrogen and oxygen atoms in total. The molecule has 1 aliphatic rings. The number of benzene rings is 1. The molecule has 17 heavy (non-hydrogen) atoms. The molecule has 0 atom stereocenters. The number of carbonyl (C=O) groups is 1. The average Bonchev–Trinajstić information content (AvgIpc) is 2.71. The molecule has 0 aliphatic carbocycles. The second-order valence-electron chi connectivity index (χ2n) is 3.04. The summed E-state index contributed by atoms with van der Waals surface area (Å²) in [6, 6.07) is 0. The predicted molar refractivity (Wildman–Crippen MR) is 43.7 cm³/mol. The Morgan fingerprint density at radius 1 is 0.882 bits per heavy atom. The first kappa shape index (κ1) is 11.5. The van der Waals surface area contributed by atoms with Gasteiger partial charge in [0.1, 0.15) is 12.1 Å². The molecule has 1 aromatic rings. The van der Waals surface area contributed by atoms with E-state index in [1.54, 1.807) is 0 Å². The van der Waals surface area contributed by atoms with E-state index in [4.69, 9.17) is 0 Å². The maximum absolute atomic E-state index is 13.2. The zero-order chi connectivity index (χ0) is 12.7. The van der Waals surface area contributed by atoms with E-state index in [0.717, 1.165) is 0 Å². The van der Waals surface area contributed by atoms with Crippen molar-refractivity contribution in [1.29, 1.82) is 0 Å². The highest BCUT2D eigenvalue weighted by Crippen LogP contribution is 2.24. The zero-order valence-electron chi connectivity index (χ0n) is 7.86. The summed E-state index contributed by atoms with van der Waals surface area (Å²) in [6.07, 6.45) is 0. The number of carbonyl (C=O) groups excluding carboxylic acids is 1. The van der Waals surface area contributed by atoms with E-state index in [0.29, 0.717) is 0 Å². The maximum atomic E-state index is 13.2. The normalized spacial score (nSPS) is 14.9. The number of cyclic esters (lactones) is 1. The molecule has 0 spiro atoms. The summed E-state index contributed by atoms with van der Waals surface area (Å²) in [6.45, 7) is -0.533. The van der Waals surface area contributed by atoms with E-state index in [-0.39, 0.29) is 0 Å². The third-order valence-electron chi connectivity index (χ3n) is 1.99. The summed E-state index contributed by atoms with van der Waals surface area (Å²) in [5.41, 5.74) is -1.34. The summed E-state index contributed by atoms with van der Waals surface area (Å²) in [5.74, 6) is -12.6. The van der Waals surface area contributed by atoms with Gasteiger partial charge in [-0.1, -0.05) is 0 Å². The Kier molecular flexibility index (Phi) is 2.56. The van der Waals surface area contributed by atoms with Gasteiger partial charge in [0.15, 0.2) is 23.3 Å². The number of hydrogen-bond donors (Lipinski definition) is 0. The second kappa shape index (κ2) is 3.79. The predicted octanol–water partition coefficient (Wildman–Crippen LogP) is 1.69. The largest absolute Gasteiger partial charge is 0.406 e. The highest BCUT2D eigenvalue weighted by Gasteiger charge is 2.32. The molecule has 0 saturated carbocycles. The van der Waals surface area contributed by atoms with Crippen molar-refractivity contribution in [2.75, 3.05) is 6.54 Å². The Morgan fingerprint density at radius 3 is 1.76 bits per heavy atom. The van der Waals surface area contributed by atoms with Crippen LogP contribution in [0.15, 0.2) is 4.99 Å². The smallest absolute Gasteiger partial charge is 0.334 e. The van der Waals surface area contributed by atoms with E-state index in [1.165, 1.54) is 0 Å². The van der Waals surface area contributed by atoms with Crippen molar-refractivity contribution in [2.24, 2.45) is 4.99 Å². The van der Waals surface area contributed by atoms with Crippen LogP contribution in [0.1, 0.15) is 5.56 Å². The van der Waals surface area contributed by atoms with Crippen molar-refractivity contribution in [2.45, 2.75) is 0 Å². The van der Waals surface area contributed by atoms with E-state index in [9.17, 15) is 26.7 Å². The highest BCUT2D eigenvalue weighted by atomic mass is 19.2. The van der Waals surface area contributed by atoms with Crippen molar-refractivity contribution in [1.82, 2.24) is 0 Å². The van der Waals surface area contributed by atoms with Gasteiger partial charge in [-0.25, -0.2) is 31.7 Å². The monoisotopic (exact) mass is 251 g/mol. The molecule has 1 heterocycles. The van der Waals surface area contributed by atoms with Crippen molar-refractivity contribution < 1.29 is 31.5 Å². The van der Waals surface area contributed by atoms with Crippen molar-refractivity contribution in [3.05, 3.63) is 34.6 Å². The van der Waals surface area contributed by atoms with Gasteiger partial charge < -0.3 is 4.74 Å². The molecular formula is C9H2F5NO2. The first-order valence-electron chi connectivity index (χ1n) is 4.20. The van der Waals surface area contributed by atoms with Gasteiger partial charge in [-0.05, 0) is 0 Å². The van der Waals surface area contributed by atoms with Crippen LogP contribution in [0.5, 0.6) is 0 Å². The maximum Gasteiger partial charge on any atom is 0.334 e. The first-order valence-corrected chi connectivity index (χ1v) is 4.20. The molecule has 0 amide bonds. The topological polar surface area (TPSA) is 38.7 Å². The average molecular weight is 251 g/mol. The minimum absolute atomic E-state index is 0.533. The Labute approximate surface area is 90.5 Å². The number of esters is 1. The van der Waals surface area contributed by atoms with Crippen LogP contribution < -0.4 is 0 Å². The van der Waals surface area contributed by atoms with Gasteiger partial charge in [-0.15, -0.1) is 0 Å². The summed E-state index contributed by atoms with van der Waals surface area (Å²) >= 11 is 0. The molecule has 0 saturated heterocycles. The van der Waals surface area contributed by atoms with Gasteiger partial charge in [0, 0.05) is 0 Å². The minimum atomic E-state index is -2.28. The standard InChI is InChI=1S/C9H2F5NO2/c10-4-3(9-15-1-2(16)17-9)5(11)7(13)8(14)6(4)12/h1H2. The molecular weight excluding hydrogens is 249 g/mol. The van der Waals surface area contributed by atoms with E-state index < -0.39 is 53.1 Å². The van der Waals surface area contributed by atoms with Crippen molar-refractivity contribution in [3.63, 3.8) is 0 Å². The van der Waals surface area contributed by atoms with Gasteiger partial charge >= 0.3 is 5.97 Å². The lowest BCUT2D eigenvalue weighted by atomic mass is 10.1. The fraction of sp³-hybridized carbons (Fsp3) is 0.111. The molecule has 90 valence electrons. The summed E-state index contributed by atoms with van der Waals surface area (Å²) in [5, 5.41) is 0. The summed E-state index contributed by atoms with van der Waals surface area (Å²) in [7, 11) is 0. The van der Waals surface area contributed by atoms with Crippen LogP contribution in [0.2, 0.25) is 0 Å². The molecule has 0 radical (unpaired) electrons. The van der Waals surface area contributed by atoms with Crippen molar-refractivity contribution >= 4 is 11.9 Å². The van der Waals surface area contributed by atoms with Crippen LogP contribution in [0.3, 0.4) is 0 Å². The van der Waals surface area contributed by atoms with Gasteiger partial charge in [0.25, 0.3) is 0 Å². The Balaban J connectivity index is 2.66. The molecule has 0 N–H and O–H groups in total. The number of aliphatic imine (C=N–C) groups is 1. The number of hydrogen-bond acceptors (Lipinski definition) is 3. The van der Waals surface area contributed by atoms with Crippen molar-refractivity contribution in [3.8, 4) is 0 Å². The van der Waals surface area contributed by atoms with E-state index >= 15 is 0 Å². The SMILES string of the molecule is O=C1CN=C(c2c(F)c(F)c(F)c(F)c2F)O1.